The van der Waals surface area contributed by atoms with Crippen molar-refractivity contribution in [3.8, 4) is 5.75 Å². The molecule has 2 atom stereocenters. The van der Waals surface area contributed by atoms with Gasteiger partial charge in [0.25, 0.3) is 0 Å². The predicted molar refractivity (Wildman–Crippen MR) is 139 cm³/mol. The number of anilines is 1. The smallest absolute Gasteiger partial charge is 0.244 e. The van der Waals surface area contributed by atoms with Gasteiger partial charge < -0.3 is 15.0 Å². The molecule has 0 saturated carbocycles. The van der Waals surface area contributed by atoms with E-state index in [0.717, 1.165) is 28.1 Å². The summed E-state index contributed by atoms with van der Waals surface area (Å²) in [7, 11) is -2.18. The molecule has 0 fully saturated rings. The Morgan fingerprint density at radius 2 is 1.60 bits per heavy atom. The fourth-order valence-electron chi connectivity index (χ4n) is 3.61. The van der Waals surface area contributed by atoms with Gasteiger partial charge in [-0.05, 0) is 56.5 Å². The first-order valence-electron chi connectivity index (χ1n) is 11.8. The number of rotatable bonds is 12. The molecule has 9 heteroatoms. The van der Waals surface area contributed by atoms with Crippen molar-refractivity contribution in [2.75, 3.05) is 24.2 Å². The Kier molecular flexibility index (Phi) is 10.1. The first kappa shape index (κ1) is 28.2. The van der Waals surface area contributed by atoms with E-state index in [1.54, 1.807) is 43.5 Å². The average Bonchev–Trinajstić information content (AvgIpc) is 2.82. The van der Waals surface area contributed by atoms with Crippen molar-refractivity contribution in [2.24, 2.45) is 0 Å². The van der Waals surface area contributed by atoms with Crippen LogP contribution in [0.5, 0.6) is 5.75 Å². The number of nitrogens with zero attached hydrogens (tertiary/aromatic N) is 2. The van der Waals surface area contributed by atoms with E-state index in [1.165, 1.54) is 4.90 Å². The van der Waals surface area contributed by atoms with Crippen molar-refractivity contribution >= 4 is 27.5 Å². The molecule has 0 aliphatic rings. The van der Waals surface area contributed by atoms with Gasteiger partial charge in [0, 0.05) is 12.6 Å². The maximum Gasteiger partial charge on any atom is 0.244 e. The topological polar surface area (TPSA) is 96.0 Å². The van der Waals surface area contributed by atoms with Gasteiger partial charge in [-0.25, -0.2) is 8.42 Å². The van der Waals surface area contributed by atoms with Gasteiger partial charge in [0.15, 0.2) is 0 Å². The Bertz CT molecular complexity index is 1080. The average molecular weight is 504 g/mol. The summed E-state index contributed by atoms with van der Waals surface area (Å²) < 4.78 is 31.5. The molecule has 2 amide bonds. The van der Waals surface area contributed by atoms with Gasteiger partial charge in [-0.3, -0.25) is 13.9 Å². The Balaban J connectivity index is 2.42. The number of aryl methyl sites for hydroxylation is 1. The third kappa shape index (κ3) is 7.99. The number of hydrogen-bond donors (Lipinski definition) is 1. The van der Waals surface area contributed by atoms with Crippen molar-refractivity contribution < 1.29 is 22.7 Å². The number of carbonyl (C=O) groups excluding carboxylic acids is 2. The molecule has 192 valence electrons. The van der Waals surface area contributed by atoms with Crippen molar-refractivity contribution in [2.45, 2.75) is 59.2 Å². The zero-order valence-corrected chi connectivity index (χ0v) is 22.3. The summed E-state index contributed by atoms with van der Waals surface area (Å²) in [5.41, 5.74) is 2.17. The predicted octanol–water partition coefficient (Wildman–Crippen LogP) is 3.49. The minimum absolute atomic E-state index is 0.0467. The van der Waals surface area contributed by atoms with Gasteiger partial charge in [0.2, 0.25) is 21.8 Å². The van der Waals surface area contributed by atoms with E-state index in [1.807, 2.05) is 39.8 Å². The number of sulfonamides is 1. The maximum absolute atomic E-state index is 13.6. The van der Waals surface area contributed by atoms with Gasteiger partial charge in [0.1, 0.15) is 18.3 Å². The largest absolute Gasteiger partial charge is 0.497 e. The molecule has 2 unspecified atom stereocenters. The third-order valence-corrected chi connectivity index (χ3v) is 7.04. The molecule has 0 aliphatic carbocycles. The fraction of sp³-hybridized carbons (Fsp3) is 0.462. The van der Waals surface area contributed by atoms with Crippen LogP contribution < -0.4 is 14.4 Å². The molecule has 0 radical (unpaired) electrons. The molecule has 0 spiro atoms. The standard InChI is InChI=1S/C26H37N3O5S/c1-7-20(4)27-26(31)24(8-2)28(17-21-11-15-23(34-5)16-12-21)25(30)18-29(35(6,32)33)22-13-9-19(3)10-14-22/h9-16,20,24H,7-8,17-18H2,1-6H3,(H,27,31). The molecular formula is C26H37N3O5S. The second kappa shape index (κ2) is 12.6. The van der Waals surface area contributed by atoms with E-state index in [0.29, 0.717) is 17.9 Å². The van der Waals surface area contributed by atoms with Crippen LogP contribution in [0.25, 0.3) is 0 Å². The van der Waals surface area contributed by atoms with Crippen LogP contribution in [0, 0.1) is 6.92 Å². The lowest BCUT2D eigenvalue weighted by molar-refractivity contribution is -0.140. The SMILES string of the molecule is CCC(C)NC(=O)C(CC)N(Cc1ccc(OC)cc1)C(=O)CN(c1ccc(C)cc1)S(C)(=O)=O. The molecule has 2 aromatic carbocycles. The van der Waals surface area contributed by atoms with E-state index in [4.69, 9.17) is 4.74 Å². The number of ether oxygens (including phenoxy) is 1. The molecule has 0 saturated heterocycles. The van der Waals surface area contributed by atoms with Crippen molar-refractivity contribution in [3.05, 3.63) is 59.7 Å². The molecule has 2 aromatic rings. The van der Waals surface area contributed by atoms with Crippen LogP contribution >= 0.6 is 0 Å². The van der Waals surface area contributed by atoms with Crippen LogP contribution in [0.15, 0.2) is 48.5 Å². The van der Waals surface area contributed by atoms with E-state index < -0.39 is 28.5 Å². The highest BCUT2D eigenvalue weighted by molar-refractivity contribution is 7.92. The summed E-state index contributed by atoms with van der Waals surface area (Å²) in [6.07, 6.45) is 2.21. The number of benzene rings is 2. The Morgan fingerprint density at radius 3 is 2.09 bits per heavy atom. The number of nitrogens with one attached hydrogen (secondary N) is 1. The monoisotopic (exact) mass is 503 g/mol. The fourth-order valence-corrected chi connectivity index (χ4v) is 4.46. The van der Waals surface area contributed by atoms with Gasteiger partial charge in [-0.1, -0.05) is 43.7 Å². The Labute approximate surface area is 209 Å². The second-order valence-corrected chi connectivity index (χ2v) is 10.6. The molecule has 2 rings (SSSR count). The third-order valence-electron chi connectivity index (χ3n) is 5.90. The first-order chi connectivity index (χ1) is 16.5. The first-order valence-corrected chi connectivity index (χ1v) is 13.6. The summed E-state index contributed by atoms with van der Waals surface area (Å²) in [5, 5.41) is 2.96. The van der Waals surface area contributed by atoms with Gasteiger partial charge >= 0.3 is 0 Å². The van der Waals surface area contributed by atoms with E-state index >= 15 is 0 Å². The van der Waals surface area contributed by atoms with Crippen LogP contribution in [0.2, 0.25) is 0 Å². The van der Waals surface area contributed by atoms with Crippen molar-refractivity contribution in [1.29, 1.82) is 0 Å². The minimum atomic E-state index is -3.75. The number of hydrogen-bond acceptors (Lipinski definition) is 5. The molecule has 1 N–H and O–H groups in total. The zero-order valence-electron chi connectivity index (χ0n) is 21.4. The lowest BCUT2D eigenvalue weighted by Gasteiger charge is -2.33. The lowest BCUT2D eigenvalue weighted by atomic mass is 10.1. The highest BCUT2D eigenvalue weighted by atomic mass is 32.2. The number of methoxy groups -OCH3 is 1. The molecule has 8 nitrogen and oxygen atoms in total. The highest BCUT2D eigenvalue weighted by Gasteiger charge is 2.32. The summed E-state index contributed by atoms with van der Waals surface area (Å²) in [4.78, 5) is 28.2. The Hall–Kier alpha value is -3.07. The molecule has 0 aromatic heterocycles. The summed E-state index contributed by atoms with van der Waals surface area (Å²) >= 11 is 0. The molecule has 0 bridgehead atoms. The number of carbonyl (C=O) groups is 2. The van der Waals surface area contributed by atoms with E-state index in [2.05, 4.69) is 5.32 Å². The van der Waals surface area contributed by atoms with Crippen molar-refractivity contribution in [1.82, 2.24) is 10.2 Å². The van der Waals surface area contributed by atoms with Crippen LogP contribution in [-0.4, -0.2) is 57.1 Å². The van der Waals surface area contributed by atoms with E-state index in [-0.39, 0.29) is 18.5 Å². The van der Waals surface area contributed by atoms with Crippen molar-refractivity contribution in [3.63, 3.8) is 0 Å². The van der Waals surface area contributed by atoms with E-state index in [9.17, 15) is 18.0 Å². The molecule has 0 aliphatic heterocycles. The maximum atomic E-state index is 13.6. The molecular weight excluding hydrogens is 466 g/mol. The highest BCUT2D eigenvalue weighted by Crippen LogP contribution is 2.21. The lowest BCUT2D eigenvalue weighted by Crippen LogP contribution is -2.53. The zero-order chi connectivity index (χ0) is 26.2. The van der Waals surface area contributed by atoms with Crippen LogP contribution in [0.3, 0.4) is 0 Å². The quantitative estimate of drug-likeness (QED) is 0.478. The summed E-state index contributed by atoms with van der Waals surface area (Å²) in [6, 6.07) is 13.4. The van der Waals surface area contributed by atoms with Crippen LogP contribution in [0.4, 0.5) is 5.69 Å². The van der Waals surface area contributed by atoms with Gasteiger partial charge in [-0.15, -0.1) is 0 Å². The van der Waals surface area contributed by atoms with Gasteiger partial charge in [-0.2, -0.15) is 0 Å². The van der Waals surface area contributed by atoms with Crippen LogP contribution in [-0.2, 0) is 26.2 Å². The van der Waals surface area contributed by atoms with Crippen LogP contribution in [0.1, 0.15) is 44.7 Å². The summed E-state index contributed by atoms with van der Waals surface area (Å²) in [5.74, 6) is -0.0428. The Morgan fingerprint density at radius 1 is 1.00 bits per heavy atom. The molecule has 35 heavy (non-hydrogen) atoms. The number of amides is 2. The summed E-state index contributed by atoms with van der Waals surface area (Å²) in [6.45, 7) is 7.36. The normalized spacial score (nSPS) is 13.0. The van der Waals surface area contributed by atoms with Gasteiger partial charge in [0.05, 0.1) is 19.1 Å². The second-order valence-electron chi connectivity index (χ2n) is 8.72. The molecule has 0 heterocycles. The minimum Gasteiger partial charge on any atom is -0.497 e.